The Morgan fingerprint density at radius 2 is 0.508 bits per heavy atom. The Hall–Kier alpha value is -1.59. The quantitative estimate of drug-likeness (QED) is 0.0344. The Labute approximate surface area is 406 Å². The summed E-state index contributed by atoms with van der Waals surface area (Å²) in [4.78, 5) is 38.1. The number of esters is 3. The molecule has 0 aliphatic rings. The third kappa shape index (κ3) is 53.2. The van der Waals surface area contributed by atoms with Crippen molar-refractivity contribution < 1.29 is 28.6 Å². The molecule has 1 atom stereocenters. The highest BCUT2D eigenvalue weighted by molar-refractivity contribution is 5.71. The lowest BCUT2D eigenvalue weighted by molar-refractivity contribution is -0.167. The number of rotatable bonds is 54. The molecule has 0 amide bonds. The fraction of sp³-hybridized carbons (Fsp3) is 0.949. The summed E-state index contributed by atoms with van der Waals surface area (Å²) in [7, 11) is 0. The van der Waals surface area contributed by atoms with Crippen molar-refractivity contribution in [2.24, 2.45) is 5.92 Å². The van der Waals surface area contributed by atoms with Gasteiger partial charge in [0.2, 0.25) is 0 Å². The first-order valence-electron chi connectivity index (χ1n) is 29.4. The summed E-state index contributed by atoms with van der Waals surface area (Å²) in [5, 5.41) is 0. The van der Waals surface area contributed by atoms with Gasteiger partial charge in [-0.2, -0.15) is 0 Å². The van der Waals surface area contributed by atoms with Gasteiger partial charge >= 0.3 is 17.9 Å². The van der Waals surface area contributed by atoms with Gasteiger partial charge in [0.15, 0.2) is 6.10 Å². The van der Waals surface area contributed by atoms with Crippen LogP contribution < -0.4 is 0 Å². The van der Waals surface area contributed by atoms with Crippen LogP contribution in [-0.2, 0) is 28.6 Å². The van der Waals surface area contributed by atoms with E-state index in [1.54, 1.807) is 0 Å². The van der Waals surface area contributed by atoms with Gasteiger partial charge in [0, 0.05) is 19.3 Å². The fourth-order valence-corrected chi connectivity index (χ4v) is 9.10. The van der Waals surface area contributed by atoms with Crippen molar-refractivity contribution in [3.8, 4) is 0 Å². The zero-order valence-corrected chi connectivity index (χ0v) is 44.5. The van der Waals surface area contributed by atoms with E-state index in [4.69, 9.17) is 14.2 Å². The van der Waals surface area contributed by atoms with Crippen LogP contribution in [0.5, 0.6) is 0 Å². The Bertz CT molecular complexity index is 980. The number of carbonyl (C=O) groups is 3. The molecule has 0 bridgehead atoms. The minimum atomic E-state index is -0.761. The highest BCUT2D eigenvalue weighted by Crippen LogP contribution is 2.18. The van der Waals surface area contributed by atoms with Gasteiger partial charge in [-0.3, -0.25) is 14.4 Å². The molecule has 0 aromatic heterocycles. The highest BCUT2D eigenvalue weighted by atomic mass is 16.6. The van der Waals surface area contributed by atoms with Gasteiger partial charge in [-0.25, -0.2) is 0 Å². The van der Waals surface area contributed by atoms with Crippen molar-refractivity contribution in [2.45, 2.75) is 342 Å². The summed E-state index contributed by atoms with van der Waals surface area (Å²) < 4.78 is 16.9. The number of ether oxygens (including phenoxy) is 3. The molecule has 0 aromatic rings. The average molecular weight is 920 g/mol. The summed E-state index contributed by atoms with van der Waals surface area (Å²) in [6.45, 7) is 9.07. The Balaban J connectivity index is 4.23. The van der Waals surface area contributed by atoms with Gasteiger partial charge < -0.3 is 14.2 Å². The van der Waals surface area contributed by atoms with E-state index in [1.807, 2.05) is 0 Å². The van der Waals surface area contributed by atoms with Gasteiger partial charge in [-0.15, -0.1) is 0 Å². The van der Waals surface area contributed by atoms with Gasteiger partial charge in [-0.1, -0.05) is 297 Å². The van der Waals surface area contributed by atoms with Gasteiger partial charge in [-0.05, 0) is 25.2 Å². The van der Waals surface area contributed by atoms with Crippen LogP contribution in [-0.4, -0.2) is 37.2 Å². The molecule has 0 saturated carbocycles. The Morgan fingerprint density at radius 3 is 0.754 bits per heavy atom. The first-order valence-corrected chi connectivity index (χ1v) is 29.4. The van der Waals surface area contributed by atoms with Crippen molar-refractivity contribution in [1.29, 1.82) is 0 Å². The zero-order valence-electron chi connectivity index (χ0n) is 44.5. The van der Waals surface area contributed by atoms with Crippen LogP contribution in [0.3, 0.4) is 0 Å². The zero-order chi connectivity index (χ0) is 47.4. The maximum Gasteiger partial charge on any atom is 0.306 e. The largest absolute Gasteiger partial charge is 0.462 e. The lowest BCUT2D eigenvalue weighted by atomic mass is 10.0. The molecule has 0 unspecified atom stereocenters. The van der Waals surface area contributed by atoms with Gasteiger partial charge in [0.25, 0.3) is 0 Å². The van der Waals surface area contributed by atoms with E-state index in [1.165, 1.54) is 231 Å². The highest BCUT2D eigenvalue weighted by Gasteiger charge is 2.19. The van der Waals surface area contributed by atoms with Crippen molar-refractivity contribution in [2.75, 3.05) is 13.2 Å². The van der Waals surface area contributed by atoms with Crippen LogP contribution in [0.2, 0.25) is 0 Å². The summed E-state index contributed by atoms with van der Waals surface area (Å²) in [5.74, 6) is 0.0232. The molecule has 0 spiro atoms. The number of hydrogen-bond donors (Lipinski definition) is 0. The predicted molar refractivity (Wildman–Crippen MR) is 280 cm³/mol. The van der Waals surface area contributed by atoms with Crippen LogP contribution >= 0.6 is 0 Å². The first-order chi connectivity index (χ1) is 31.9. The second-order valence-corrected chi connectivity index (χ2v) is 20.8. The lowest BCUT2D eigenvalue weighted by Gasteiger charge is -2.18. The Morgan fingerprint density at radius 1 is 0.292 bits per heavy atom. The summed E-state index contributed by atoms with van der Waals surface area (Å²) in [6.07, 6.45) is 58.1. The van der Waals surface area contributed by atoms with Crippen LogP contribution in [0.25, 0.3) is 0 Å². The smallest absolute Gasteiger partial charge is 0.306 e. The average Bonchev–Trinajstić information content (AvgIpc) is 3.29. The molecular weight excluding hydrogens is 805 g/mol. The van der Waals surface area contributed by atoms with Crippen LogP contribution in [0, 0.1) is 5.92 Å². The molecule has 0 aliphatic heterocycles. The first kappa shape index (κ1) is 63.4. The van der Waals surface area contributed by atoms with E-state index in [9.17, 15) is 14.4 Å². The van der Waals surface area contributed by atoms with Crippen molar-refractivity contribution in [3.05, 3.63) is 0 Å². The summed E-state index contributed by atoms with van der Waals surface area (Å²) in [5.41, 5.74) is 0. The summed E-state index contributed by atoms with van der Waals surface area (Å²) >= 11 is 0. The molecule has 0 saturated heterocycles. The van der Waals surface area contributed by atoms with Crippen LogP contribution in [0.4, 0.5) is 0 Å². The predicted octanol–water partition coefficient (Wildman–Crippen LogP) is 19.4. The number of hydrogen-bond acceptors (Lipinski definition) is 6. The second kappa shape index (κ2) is 53.4. The van der Waals surface area contributed by atoms with Crippen molar-refractivity contribution >= 4 is 17.9 Å². The van der Waals surface area contributed by atoms with E-state index in [0.29, 0.717) is 19.3 Å². The van der Waals surface area contributed by atoms with E-state index >= 15 is 0 Å². The van der Waals surface area contributed by atoms with Crippen LogP contribution in [0.1, 0.15) is 336 Å². The van der Waals surface area contributed by atoms with Crippen molar-refractivity contribution in [1.82, 2.24) is 0 Å². The van der Waals surface area contributed by atoms with Gasteiger partial charge in [0.1, 0.15) is 13.2 Å². The molecule has 65 heavy (non-hydrogen) atoms. The molecule has 0 heterocycles. The molecule has 0 fully saturated rings. The fourth-order valence-electron chi connectivity index (χ4n) is 9.10. The monoisotopic (exact) mass is 919 g/mol. The summed E-state index contributed by atoms with van der Waals surface area (Å²) in [6, 6.07) is 0. The lowest BCUT2D eigenvalue weighted by Crippen LogP contribution is -2.30. The molecule has 0 N–H and O–H groups in total. The van der Waals surface area contributed by atoms with E-state index < -0.39 is 6.10 Å². The van der Waals surface area contributed by atoms with Gasteiger partial charge in [0.05, 0.1) is 0 Å². The molecule has 6 nitrogen and oxygen atoms in total. The van der Waals surface area contributed by atoms with E-state index in [-0.39, 0.29) is 31.1 Å². The molecule has 0 aliphatic carbocycles. The third-order valence-electron chi connectivity index (χ3n) is 13.5. The number of carbonyl (C=O) groups excluding carboxylic acids is 3. The maximum absolute atomic E-state index is 12.9. The molecular formula is C59H114O6. The minimum Gasteiger partial charge on any atom is -0.462 e. The molecule has 0 aromatic carbocycles. The SMILES string of the molecule is CCCCCCCCCCCCCCCCCC(=O)OC[C@@H](COC(=O)CCCCCCCCCCCCC)OC(=O)CCCCCCCCCCCCCCCCCCCCC(C)C. The molecule has 386 valence electrons. The second-order valence-electron chi connectivity index (χ2n) is 20.8. The standard InChI is InChI=1S/C59H114O6/c1-5-7-9-11-13-15-17-18-23-27-31-35-39-43-47-51-58(61)64-54-56(53-63-57(60)50-46-42-38-34-29-16-14-12-10-8-6-2)65-59(62)52-48-44-40-36-32-28-25-22-20-19-21-24-26-30-33-37-41-45-49-55(3)4/h55-56H,5-54H2,1-4H3/t56-/m1/s1. The van der Waals surface area contributed by atoms with Crippen molar-refractivity contribution in [3.63, 3.8) is 0 Å². The topological polar surface area (TPSA) is 78.9 Å². The molecule has 0 radical (unpaired) electrons. The van der Waals surface area contributed by atoms with E-state index in [2.05, 4.69) is 27.7 Å². The van der Waals surface area contributed by atoms with E-state index in [0.717, 1.165) is 63.7 Å². The van der Waals surface area contributed by atoms with Crippen LogP contribution in [0.15, 0.2) is 0 Å². The maximum atomic E-state index is 12.9. The normalized spacial score (nSPS) is 12.0. The minimum absolute atomic E-state index is 0.0617. The molecule has 6 heteroatoms. The third-order valence-corrected chi connectivity index (χ3v) is 13.5. The molecule has 0 rings (SSSR count). The number of unbranched alkanes of at least 4 members (excludes halogenated alkanes) is 41. The Kier molecular flexibility index (Phi) is 52.1.